The monoisotopic (exact) mass is 295 g/mol. The van der Waals surface area contributed by atoms with Crippen molar-refractivity contribution in [1.29, 1.82) is 0 Å². The highest BCUT2D eigenvalue weighted by Crippen LogP contribution is 2.24. The van der Waals surface area contributed by atoms with Crippen LogP contribution in [0.5, 0.6) is 0 Å². The van der Waals surface area contributed by atoms with Gasteiger partial charge in [0.05, 0.1) is 0 Å². The maximum atomic E-state index is 11.4. The van der Waals surface area contributed by atoms with Gasteiger partial charge in [-0.15, -0.1) is 0 Å². The Kier molecular flexibility index (Phi) is 3.14. The van der Waals surface area contributed by atoms with Crippen molar-refractivity contribution in [3.63, 3.8) is 0 Å². The van der Waals surface area contributed by atoms with Crippen molar-refractivity contribution in [1.82, 2.24) is 9.88 Å². The lowest BCUT2D eigenvalue weighted by Crippen LogP contribution is -2.37. The molecule has 0 unspecified atom stereocenters. The van der Waals surface area contributed by atoms with Crippen molar-refractivity contribution < 1.29 is 9.59 Å². The van der Waals surface area contributed by atoms with Crippen LogP contribution in [0.4, 0.5) is 4.79 Å². The van der Waals surface area contributed by atoms with Gasteiger partial charge in [0.25, 0.3) is 0 Å². The molecule has 17 heavy (non-hydrogen) atoms. The van der Waals surface area contributed by atoms with Gasteiger partial charge in [0.2, 0.25) is 5.91 Å². The molecule has 0 saturated carbocycles. The third kappa shape index (κ3) is 2.47. The largest absolute Gasteiger partial charge is 0.351 e. The van der Waals surface area contributed by atoms with Gasteiger partial charge in [0.15, 0.2) is 0 Å². The van der Waals surface area contributed by atoms with E-state index >= 15 is 0 Å². The lowest BCUT2D eigenvalue weighted by atomic mass is 10.2. The van der Waals surface area contributed by atoms with Gasteiger partial charge in [0, 0.05) is 21.6 Å². The molecule has 0 spiro atoms. The summed E-state index contributed by atoms with van der Waals surface area (Å²) >= 11 is 3.43. The second kappa shape index (κ2) is 4.58. The maximum Gasteiger partial charge on any atom is 0.318 e. The summed E-state index contributed by atoms with van der Waals surface area (Å²) in [5, 5.41) is 3.04. The van der Waals surface area contributed by atoms with E-state index < -0.39 is 11.9 Å². The number of amides is 3. The lowest BCUT2D eigenvalue weighted by Gasteiger charge is -2.04. The molecule has 2 rings (SSSR count). The fourth-order valence-corrected chi connectivity index (χ4v) is 2.14. The second-order valence-corrected chi connectivity index (χ2v) is 4.38. The third-order valence-corrected chi connectivity index (χ3v) is 3.03. The Morgan fingerprint density at radius 3 is 2.82 bits per heavy atom. The van der Waals surface area contributed by atoms with Crippen molar-refractivity contribution >= 4 is 38.8 Å². The third-order valence-electron chi connectivity index (χ3n) is 2.34. The predicted molar refractivity (Wildman–Crippen MR) is 67.4 cm³/mol. The van der Waals surface area contributed by atoms with Crippen LogP contribution in [0.1, 0.15) is 0 Å². The highest BCUT2D eigenvalue weighted by Gasteiger charge is 2.08. The number of primary amides is 1. The topological polar surface area (TPSA) is 77.1 Å². The molecule has 0 aliphatic carbocycles. The smallest absolute Gasteiger partial charge is 0.318 e. The highest BCUT2D eigenvalue weighted by molar-refractivity contribution is 9.10. The van der Waals surface area contributed by atoms with Crippen molar-refractivity contribution in [2.75, 3.05) is 0 Å². The number of hydrogen-bond donors (Lipinski definition) is 2. The summed E-state index contributed by atoms with van der Waals surface area (Å²) in [6, 6.07) is 6.77. The van der Waals surface area contributed by atoms with Crippen LogP contribution in [0.2, 0.25) is 0 Å². The van der Waals surface area contributed by atoms with Crippen LogP contribution >= 0.6 is 15.9 Å². The first-order chi connectivity index (χ1) is 8.08. The molecule has 3 amide bonds. The highest BCUT2D eigenvalue weighted by atomic mass is 79.9. The number of urea groups is 1. The summed E-state index contributed by atoms with van der Waals surface area (Å²) in [6.07, 6.45) is 1.79. The molecule has 2 aromatic rings. The molecule has 3 N–H and O–H groups in total. The maximum absolute atomic E-state index is 11.4. The first-order valence-corrected chi connectivity index (χ1v) is 5.70. The minimum atomic E-state index is -0.840. The number of nitrogens with zero attached hydrogens (tertiary/aromatic N) is 1. The van der Waals surface area contributed by atoms with Crippen molar-refractivity contribution in [3.8, 4) is 0 Å². The Balaban J connectivity index is 2.28. The van der Waals surface area contributed by atoms with Gasteiger partial charge in [-0.25, -0.2) is 4.79 Å². The minimum absolute atomic E-state index is 0.0584. The van der Waals surface area contributed by atoms with Gasteiger partial charge in [0.1, 0.15) is 6.54 Å². The summed E-state index contributed by atoms with van der Waals surface area (Å²) in [6.45, 7) is 0.0584. The van der Waals surface area contributed by atoms with E-state index in [9.17, 15) is 9.59 Å². The lowest BCUT2D eigenvalue weighted by molar-refractivity contribution is -0.120. The van der Waals surface area contributed by atoms with Crippen LogP contribution < -0.4 is 11.1 Å². The molecule has 0 atom stereocenters. The standard InChI is InChI=1S/C11H10BrN3O2/c12-8-2-1-3-9-7(8)4-5-15(9)6-10(16)14-11(13)17/h1-5H,6H2,(H3,13,14,16,17). The number of rotatable bonds is 2. The van der Waals surface area contributed by atoms with Gasteiger partial charge in [-0.2, -0.15) is 0 Å². The SMILES string of the molecule is NC(=O)NC(=O)Cn1ccc2c(Br)cccc21. The number of fused-ring (bicyclic) bond motifs is 1. The van der Waals surface area contributed by atoms with Gasteiger partial charge in [-0.05, 0) is 18.2 Å². The van der Waals surface area contributed by atoms with E-state index in [4.69, 9.17) is 5.73 Å². The number of aromatic nitrogens is 1. The molecule has 0 saturated heterocycles. The van der Waals surface area contributed by atoms with Gasteiger partial charge in [-0.3, -0.25) is 10.1 Å². The molecule has 5 nitrogen and oxygen atoms in total. The number of benzene rings is 1. The number of carbonyl (C=O) groups excluding carboxylic acids is 2. The molecule has 0 aliphatic heterocycles. The molecule has 1 heterocycles. The fraction of sp³-hybridized carbons (Fsp3) is 0.0909. The fourth-order valence-electron chi connectivity index (χ4n) is 1.66. The zero-order chi connectivity index (χ0) is 12.4. The number of hydrogen-bond acceptors (Lipinski definition) is 2. The van der Waals surface area contributed by atoms with Crippen molar-refractivity contribution in [2.45, 2.75) is 6.54 Å². The van der Waals surface area contributed by atoms with E-state index in [2.05, 4.69) is 15.9 Å². The van der Waals surface area contributed by atoms with E-state index in [0.717, 1.165) is 15.4 Å². The first kappa shape index (κ1) is 11.7. The van der Waals surface area contributed by atoms with Crippen LogP contribution in [-0.2, 0) is 11.3 Å². The zero-order valence-corrected chi connectivity index (χ0v) is 10.4. The molecule has 0 bridgehead atoms. The van der Waals surface area contributed by atoms with Crippen molar-refractivity contribution in [3.05, 3.63) is 34.9 Å². The molecule has 1 aromatic carbocycles. The normalized spacial score (nSPS) is 10.4. The van der Waals surface area contributed by atoms with E-state index in [-0.39, 0.29) is 6.54 Å². The average molecular weight is 296 g/mol. The summed E-state index contributed by atoms with van der Waals surface area (Å²) in [5.74, 6) is -0.435. The quantitative estimate of drug-likeness (QED) is 0.883. The first-order valence-electron chi connectivity index (χ1n) is 4.90. The number of halogens is 1. The average Bonchev–Trinajstić information content (AvgIpc) is 2.62. The number of imide groups is 1. The molecule has 0 radical (unpaired) electrons. The van der Waals surface area contributed by atoms with Crippen LogP contribution in [-0.4, -0.2) is 16.5 Å². The van der Waals surface area contributed by atoms with Gasteiger partial charge < -0.3 is 10.3 Å². The Morgan fingerprint density at radius 2 is 2.12 bits per heavy atom. The van der Waals surface area contributed by atoms with E-state index in [0.29, 0.717) is 0 Å². The number of carbonyl (C=O) groups is 2. The molecular weight excluding hydrogens is 286 g/mol. The Bertz CT molecular complexity index is 591. The molecule has 88 valence electrons. The van der Waals surface area contributed by atoms with E-state index in [1.165, 1.54) is 0 Å². The number of nitrogens with one attached hydrogen (secondary N) is 1. The minimum Gasteiger partial charge on any atom is -0.351 e. The van der Waals surface area contributed by atoms with Crippen LogP contribution in [0.3, 0.4) is 0 Å². The molecule has 1 aromatic heterocycles. The van der Waals surface area contributed by atoms with Crippen LogP contribution in [0, 0.1) is 0 Å². The predicted octanol–water partition coefficient (Wildman–Crippen LogP) is 1.60. The Labute approximate surface area is 106 Å². The molecule has 0 fully saturated rings. The van der Waals surface area contributed by atoms with E-state index in [1.54, 1.807) is 10.8 Å². The molecular formula is C11H10BrN3O2. The summed E-state index contributed by atoms with van der Waals surface area (Å²) in [4.78, 5) is 21.9. The summed E-state index contributed by atoms with van der Waals surface area (Å²) in [5.41, 5.74) is 5.79. The molecule has 6 heteroatoms. The second-order valence-electron chi connectivity index (χ2n) is 3.53. The summed E-state index contributed by atoms with van der Waals surface area (Å²) in [7, 11) is 0. The zero-order valence-electron chi connectivity index (χ0n) is 8.81. The van der Waals surface area contributed by atoms with E-state index in [1.807, 2.05) is 29.6 Å². The molecule has 0 aliphatic rings. The van der Waals surface area contributed by atoms with Crippen molar-refractivity contribution in [2.24, 2.45) is 5.73 Å². The Hall–Kier alpha value is -1.82. The Morgan fingerprint density at radius 1 is 1.35 bits per heavy atom. The summed E-state index contributed by atoms with van der Waals surface area (Å²) < 4.78 is 2.71. The van der Waals surface area contributed by atoms with Gasteiger partial charge in [-0.1, -0.05) is 22.0 Å². The van der Waals surface area contributed by atoms with Crippen LogP contribution in [0.25, 0.3) is 10.9 Å². The number of nitrogens with two attached hydrogens (primary N) is 1. The van der Waals surface area contributed by atoms with Crippen LogP contribution in [0.15, 0.2) is 34.9 Å². The van der Waals surface area contributed by atoms with Gasteiger partial charge >= 0.3 is 6.03 Å².